The lowest BCUT2D eigenvalue weighted by Crippen LogP contribution is -1.97. The quantitative estimate of drug-likeness (QED) is 0.508. The number of aryl methyl sites for hydroxylation is 1. The summed E-state index contributed by atoms with van der Waals surface area (Å²) in [5.74, 6) is 1.16. The Balaban J connectivity index is 1.68. The van der Waals surface area contributed by atoms with Crippen molar-refractivity contribution >= 4 is 17.3 Å². The van der Waals surface area contributed by atoms with Gasteiger partial charge in [-0.2, -0.15) is 0 Å². The van der Waals surface area contributed by atoms with Gasteiger partial charge in [0, 0.05) is 22.2 Å². The summed E-state index contributed by atoms with van der Waals surface area (Å²) in [6.45, 7) is 1.72. The molecule has 3 rings (SSSR count). The van der Waals surface area contributed by atoms with Gasteiger partial charge >= 0.3 is 0 Å². The molecule has 0 aliphatic heterocycles. The molecule has 7 nitrogen and oxygen atoms in total. The Morgan fingerprint density at radius 3 is 2.62 bits per heavy atom. The fourth-order valence-corrected chi connectivity index (χ4v) is 2.21. The van der Waals surface area contributed by atoms with Gasteiger partial charge in [-0.3, -0.25) is 10.1 Å². The lowest BCUT2D eigenvalue weighted by molar-refractivity contribution is -0.385. The minimum absolute atomic E-state index is 0.0464. The molecule has 0 saturated carbocycles. The summed E-state index contributed by atoms with van der Waals surface area (Å²) in [6.07, 6.45) is 0. The van der Waals surface area contributed by atoms with Crippen LogP contribution >= 0.6 is 11.6 Å². The summed E-state index contributed by atoms with van der Waals surface area (Å²) >= 11 is 5.84. The van der Waals surface area contributed by atoms with E-state index in [1.54, 1.807) is 37.3 Å². The fraction of sp³-hybridized carbons (Fsp3) is 0.125. The second kappa shape index (κ2) is 6.67. The Morgan fingerprint density at radius 1 is 1.21 bits per heavy atom. The summed E-state index contributed by atoms with van der Waals surface area (Å²) in [6, 6.07) is 11.5. The van der Waals surface area contributed by atoms with E-state index in [9.17, 15) is 10.1 Å². The molecule has 0 spiro atoms. The maximum absolute atomic E-state index is 10.8. The van der Waals surface area contributed by atoms with E-state index >= 15 is 0 Å². The summed E-state index contributed by atoms with van der Waals surface area (Å²) in [5.41, 5.74) is 1.32. The van der Waals surface area contributed by atoms with Gasteiger partial charge in [0.2, 0.25) is 5.89 Å². The van der Waals surface area contributed by atoms with Crippen LogP contribution in [0.15, 0.2) is 46.9 Å². The van der Waals surface area contributed by atoms with Gasteiger partial charge in [-0.1, -0.05) is 11.6 Å². The van der Waals surface area contributed by atoms with Crippen molar-refractivity contribution in [1.82, 2.24) is 10.2 Å². The normalized spacial score (nSPS) is 10.6. The number of hydrogen-bond donors (Lipinski definition) is 0. The number of benzene rings is 2. The Labute approximate surface area is 142 Å². The molecule has 24 heavy (non-hydrogen) atoms. The standard InChI is InChI=1S/C16H12ClN3O4/c1-10-8-13(6-7-14(10)20(21)22)23-9-15-18-19-16(24-15)11-2-4-12(17)5-3-11/h2-8H,9H2,1H3. The fourth-order valence-electron chi connectivity index (χ4n) is 2.09. The predicted molar refractivity (Wildman–Crippen MR) is 86.9 cm³/mol. The predicted octanol–water partition coefficient (Wildman–Crippen LogP) is 4.19. The Bertz CT molecular complexity index is 877. The molecular weight excluding hydrogens is 334 g/mol. The topological polar surface area (TPSA) is 91.3 Å². The Kier molecular flexibility index (Phi) is 4.43. The van der Waals surface area contributed by atoms with Crippen LogP contribution in [0.4, 0.5) is 5.69 Å². The van der Waals surface area contributed by atoms with Crippen LogP contribution in [0.3, 0.4) is 0 Å². The van der Waals surface area contributed by atoms with Gasteiger partial charge in [-0.25, -0.2) is 0 Å². The third kappa shape index (κ3) is 3.52. The van der Waals surface area contributed by atoms with Gasteiger partial charge in [0.25, 0.3) is 11.6 Å². The SMILES string of the molecule is Cc1cc(OCc2nnc(-c3ccc(Cl)cc3)o2)ccc1[N+](=O)[O-]. The minimum atomic E-state index is -0.435. The zero-order chi connectivity index (χ0) is 17.1. The monoisotopic (exact) mass is 345 g/mol. The first kappa shape index (κ1) is 15.9. The number of rotatable bonds is 5. The smallest absolute Gasteiger partial charge is 0.272 e. The molecule has 1 aromatic heterocycles. The second-order valence-corrected chi connectivity index (χ2v) is 5.44. The molecule has 1 heterocycles. The Hall–Kier alpha value is -2.93. The van der Waals surface area contributed by atoms with Gasteiger partial charge in [0.1, 0.15) is 5.75 Å². The zero-order valence-corrected chi connectivity index (χ0v) is 13.4. The van der Waals surface area contributed by atoms with E-state index in [0.29, 0.717) is 28.1 Å². The van der Waals surface area contributed by atoms with Gasteiger partial charge in [-0.05, 0) is 43.3 Å². The van der Waals surface area contributed by atoms with Crippen molar-refractivity contribution < 1.29 is 14.1 Å². The second-order valence-electron chi connectivity index (χ2n) is 5.00. The van der Waals surface area contributed by atoms with Crippen LogP contribution in [0.2, 0.25) is 5.02 Å². The van der Waals surface area contributed by atoms with E-state index in [1.165, 1.54) is 12.1 Å². The van der Waals surface area contributed by atoms with E-state index in [1.807, 2.05) is 0 Å². The maximum atomic E-state index is 10.8. The third-order valence-electron chi connectivity index (χ3n) is 3.29. The largest absolute Gasteiger partial charge is 0.484 e. The van der Waals surface area contributed by atoms with Crippen LogP contribution in [0, 0.1) is 17.0 Å². The van der Waals surface area contributed by atoms with E-state index in [2.05, 4.69) is 10.2 Å². The van der Waals surface area contributed by atoms with E-state index in [-0.39, 0.29) is 12.3 Å². The summed E-state index contributed by atoms with van der Waals surface area (Å²) < 4.78 is 11.1. The van der Waals surface area contributed by atoms with E-state index in [0.717, 1.165) is 5.56 Å². The maximum Gasteiger partial charge on any atom is 0.272 e. The van der Waals surface area contributed by atoms with Crippen LogP contribution in [-0.2, 0) is 6.61 Å². The molecule has 0 fully saturated rings. The molecule has 0 atom stereocenters. The first-order valence-electron chi connectivity index (χ1n) is 6.99. The van der Waals surface area contributed by atoms with Crippen molar-refractivity contribution in [3.63, 3.8) is 0 Å². The molecule has 0 radical (unpaired) electrons. The summed E-state index contributed by atoms with van der Waals surface area (Å²) in [7, 11) is 0. The summed E-state index contributed by atoms with van der Waals surface area (Å²) in [4.78, 5) is 10.4. The van der Waals surface area contributed by atoms with Crippen molar-refractivity contribution in [1.29, 1.82) is 0 Å². The zero-order valence-electron chi connectivity index (χ0n) is 12.6. The molecule has 0 N–H and O–H groups in total. The highest BCUT2D eigenvalue weighted by atomic mass is 35.5. The molecule has 122 valence electrons. The van der Waals surface area contributed by atoms with E-state index in [4.69, 9.17) is 20.8 Å². The lowest BCUT2D eigenvalue weighted by atomic mass is 10.2. The molecular formula is C16H12ClN3O4. The highest BCUT2D eigenvalue weighted by Gasteiger charge is 2.12. The van der Waals surface area contributed by atoms with Crippen molar-refractivity contribution in [2.45, 2.75) is 13.5 Å². The highest BCUT2D eigenvalue weighted by molar-refractivity contribution is 6.30. The van der Waals surface area contributed by atoms with Crippen molar-refractivity contribution in [2.75, 3.05) is 0 Å². The summed E-state index contributed by atoms with van der Waals surface area (Å²) in [5, 5.41) is 19.3. The average molecular weight is 346 g/mol. The van der Waals surface area contributed by atoms with Crippen molar-refractivity contribution in [3.05, 3.63) is 69.1 Å². The van der Waals surface area contributed by atoms with Crippen LogP contribution in [0.1, 0.15) is 11.5 Å². The van der Waals surface area contributed by atoms with Gasteiger partial charge in [0.15, 0.2) is 6.61 Å². The molecule has 0 aliphatic rings. The molecule has 0 amide bonds. The van der Waals surface area contributed by atoms with Crippen LogP contribution in [0.25, 0.3) is 11.5 Å². The van der Waals surface area contributed by atoms with Crippen LogP contribution in [0.5, 0.6) is 5.75 Å². The first-order chi connectivity index (χ1) is 11.5. The number of nitro benzene ring substituents is 1. The molecule has 2 aromatic carbocycles. The number of ether oxygens (including phenoxy) is 1. The number of halogens is 1. The molecule has 0 aliphatic carbocycles. The molecule has 3 aromatic rings. The van der Waals surface area contributed by atoms with Crippen LogP contribution < -0.4 is 4.74 Å². The third-order valence-corrected chi connectivity index (χ3v) is 3.54. The highest BCUT2D eigenvalue weighted by Crippen LogP contribution is 2.24. The lowest BCUT2D eigenvalue weighted by Gasteiger charge is -2.04. The van der Waals surface area contributed by atoms with Gasteiger partial charge < -0.3 is 9.15 Å². The number of nitro groups is 1. The van der Waals surface area contributed by atoms with Crippen LogP contribution in [-0.4, -0.2) is 15.1 Å². The van der Waals surface area contributed by atoms with Gasteiger partial charge in [0.05, 0.1) is 4.92 Å². The minimum Gasteiger partial charge on any atom is -0.484 e. The molecule has 0 unspecified atom stereocenters. The number of nitrogens with zero attached hydrogens (tertiary/aromatic N) is 3. The first-order valence-corrected chi connectivity index (χ1v) is 7.37. The number of aromatic nitrogens is 2. The molecule has 8 heteroatoms. The molecule has 0 saturated heterocycles. The number of hydrogen-bond acceptors (Lipinski definition) is 6. The van der Waals surface area contributed by atoms with Crippen molar-refractivity contribution in [2.24, 2.45) is 0 Å². The average Bonchev–Trinajstić information content (AvgIpc) is 3.02. The molecule has 0 bridgehead atoms. The van der Waals surface area contributed by atoms with E-state index < -0.39 is 4.92 Å². The Morgan fingerprint density at radius 2 is 1.96 bits per heavy atom. The van der Waals surface area contributed by atoms with Crippen molar-refractivity contribution in [3.8, 4) is 17.2 Å². The van der Waals surface area contributed by atoms with Gasteiger partial charge in [-0.15, -0.1) is 10.2 Å².